The predicted octanol–water partition coefficient (Wildman–Crippen LogP) is 4.53. The van der Waals surface area contributed by atoms with E-state index in [9.17, 15) is 14.7 Å². The highest BCUT2D eigenvalue weighted by Crippen LogP contribution is 2.44. The van der Waals surface area contributed by atoms with Crippen molar-refractivity contribution in [2.45, 2.75) is 44.7 Å². The van der Waals surface area contributed by atoms with Gasteiger partial charge in [0.05, 0.1) is 0 Å². The fourth-order valence-electron chi connectivity index (χ4n) is 4.85. The molecule has 1 fully saturated rings. The Bertz CT molecular complexity index is 905. The van der Waals surface area contributed by atoms with Gasteiger partial charge >= 0.3 is 12.1 Å². The zero-order valence-electron chi connectivity index (χ0n) is 18.0. The number of hydrogen-bond donors (Lipinski definition) is 1. The summed E-state index contributed by atoms with van der Waals surface area (Å²) >= 11 is 0. The fraction of sp³-hybridized carbons (Fsp3) is 0.440. The molecule has 1 aliphatic carbocycles. The molecule has 1 atom stereocenters. The molecular weight excluding hydrogens is 394 g/mol. The van der Waals surface area contributed by atoms with E-state index in [1.165, 1.54) is 4.90 Å². The van der Waals surface area contributed by atoms with Crippen molar-refractivity contribution >= 4 is 12.1 Å². The molecule has 2 aromatic carbocycles. The lowest BCUT2D eigenvalue weighted by Crippen LogP contribution is -2.54. The van der Waals surface area contributed by atoms with Crippen LogP contribution in [0.25, 0.3) is 11.1 Å². The average molecular weight is 424 g/mol. The number of rotatable bonds is 6. The molecule has 1 saturated heterocycles. The molecule has 0 bridgehead atoms. The molecule has 31 heavy (non-hydrogen) atoms. The molecule has 6 nitrogen and oxygen atoms in total. The summed E-state index contributed by atoms with van der Waals surface area (Å²) in [5.74, 6) is -1.30. The molecule has 0 spiro atoms. The first-order valence-corrected chi connectivity index (χ1v) is 10.9. The highest BCUT2D eigenvalue weighted by Gasteiger charge is 2.39. The Morgan fingerprint density at radius 2 is 1.58 bits per heavy atom. The number of benzene rings is 2. The van der Waals surface area contributed by atoms with Gasteiger partial charge in [-0.3, -0.25) is 4.90 Å². The highest BCUT2D eigenvalue weighted by atomic mass is 16.6. The van der Waals surface area contributed by atoms with Gasteiger partial charge in [0, 0.05) is 25.2 Å². The molecule has 164 valence electrons. The molecule has 1 amide bonds. The Morgan fingerprint density at radius 3 is 2.10 bits per heavy atom. The Hall–Kier alpha value is -2.86. The summed E-state index contributed by atoms with van der Waals surface area (Å²) in [6.07, 6.45) is 0.663. The number of amides is 1. The average Bonchev–Trinajstić information content (AvgIpc) is 3.09. The summed E-state index contributed by atoms with van der Waals surface area (Å²) in [7, 11) is 0. The van der Waals surface area contributed by atoms with Crippen LogP contribution in [-0.4, -0.2) is 54.0 Å². The number of aliphatic carboxylic acids is 1. The second-order valence-corrected chi connectivity index (χ2v) is 8.58. The predicted molar refractivity (Wildman–Crippen MR) is 117 cm³/mol. The van der Waals surface area contributed by atoms with E-state index in [1.54, 1.807) is 0 Å². The SMILES string of the molecule is CC(C)C(C(=O)O)N(C(=O)OCC1c2ccccc2-c2ccccc21)C1CCOCC1. The highest BCUT2D eigenvalue weighted by molar-refractivity contribution is 5.81. The smallest absolute Gasteiger partial charge is 0.410 e. The molecule has 6 heteroatoms. The number of carbonyl (C=O) groups excluding carboxylic acids is 1. The van der Waals surface area contributed by atoms with Crippen molar-refractivity contribution in [3.8, 4) is 11.1 Å². The third-order valence-corrected chi connectivity index (χ3v) is 6.32. The number of carbonyl (C=O) groups is 2. The van der Waals surface area contributed by atoms with Crippen LogP contribution in [0.5, 0.6) is 0 Å². The first-order valence-electron chi connectivity index (χ1n) is 10.9. The van der Waals surface area contributed by atoms with Gasteiger partial charge in [0.2, 0.25) is 0 Å². The first-order chi connectivity index (χ1) is 15.0. The van der Waals surface area contributed by atoms with Crippen molar-refractivity contribution in [3.63, 3.8) is 0 Å². The number of ether oxygens (including phenoxy) is 2. The standard InChI is InChI=1S/C25H29NO5/c1-16(2)23(24(27)28)26(17-11-13-30-14-12-17)25(29)31-15-22-20-9-5-3-7-18(20)19-8-4-6-10-21(19)22/h3-10,16-17,22-23H,11-15H2,1-2H3,(H,27,28). The van der Waals surface area contributed by atoms with Gasteiger partial charge in [0.1, 0.15) is 12.6 Å². The lowest BCUT2D eigenvalue weighted by molar-refractivity contribution is -0.146. The summed E-state index contributed by atoms with van der Waals surface area (Å²) in [5.41, 5.74) is 4.58. The maximum atomic E-state index is 13.3. The summed E-state index contributed by atoms with van der Waals surface area (Å²) in [6.45, 7) is 4.85. The normalized spacial score (nSPS) is 17.1. The van der Waals surface area contributed by atoms with E-state index in [0.717, 1.165) is 22.3 Å². The number of nitrogens with zero attached hydrogens (tertiary/aromatic N) is 1. The van der Waals surface area contributed by atoms with Crippen LogP contribution in [-0.2, 0) is 14.3 Å². The Labute approximate surface area is 182 Å². The molecule has 2 aromatic rings. The van der Waals surface area contributed by atoms with E-state index >= 15 is 0 Å². The zero-order chi connectivity index (χ0) is 22.0. The van der Waals surface area contributed by atoms with Crippen LogP contribution in [0.2, 0.25) is 0 Å². The van der Waals surface area contributed by atoms with Crippen LogP contribution in [0.3, 0.4) is 0 Å². The Balaban J connectivity index is 1.57. The van der Waals surface area contributed by atoms with Crippen LogP contribution >= 0.6 is 0 Å². The van der Waals surface area contributed by atoms with Gasteiger partial charge in [-0.05, 0) is 41.0 Å². The Morgan fingerprint density at radius 1 is 1.03 bits per heavy atom. The molecule has 0 saturated carbocycles. The second kappa shape index (κ2) is 9.10. The topological polar surface area (TPSA) is 76.1 Å². The summed E-state index contributed by atoms with van der Waals surface area (Å²) in [6, 6.07) is 15.2. The van der Waals surface area contributed by atoms with E-state index in [2.05, 4.69) is 24.3 Å². The summed E-state index contributed by atoms with van der Waals surface area (Å²) in [4.78, 5) is 26.8. The molecule has 4 rings (SSSR count). The molecule has 0 aromatic heterocycles. The number of hydrogen-bond acceptors (Lipinski definition) is 4. The van der Waals surface area contributed by atoms with E-state index in [1.807, 2.05) is 38.1 Å². The van der Waals surface area contributed by atoms with Crippen molar-refractivity contribution in [2.75, 3.05) is 19.8 Å². The van der Waals surface area contributed by atoms with E-state index in [0.29, 0.717) is 26.1 Å². The van der Waals surface area contributed by atoms with Gasteiger partial charge in [-0.25, -0.2) is 9.59 Å². The van der Waals surface area contributed by atoms with Gasteiger partial charge < -0.3 is 14.6 Å². The van der Waals surface area contributed by atoms with Crippen molar-refractivity contribution in [2.24, 2.45) is 5.92 Å². The van der Waals surface area contributed by atoms with Crippen LogP contribution in [0.1, 0.15) is 43.7 Å². The number of carboxylic acid groups (broad SMARTS) is 1. The van der Waals surface area contributed by atoms with Crippen molar-refractivity contribution in [1.82, 2.24) is 4.90 Å². The summed E-state index contributed by atoms with van der Waals surface area (Å²) in [5, 5.41) is 9.85. The largest absolute Gasteiger partial charge is 0.480 e. The molecule has 0 radical (unpaired) electrons. The van der Waals surface area contributed by atoms with Crippen LogP contribution in [0.4, 0.5) is 4.79 Å². The summed E-state index contributed by atoms with van der Waals surface area (Å²) < 4.78 is 11.2. The molecule has 1 N–H and O–H groups in total. The third-order valence-electron chi connectivity index (χ3n) is 6.32. The minimum Gasteiger partial charge on any atom is -0.480 e. The van der Waals surface area contributed by atoms with E-state index in [4.69, 9.17) is 9.47 Å². The first kappa shape index (κ1) is 21.4. The van der Waals surface area contributed by atoms with E-state index in [-0.39, 0.29) is 24.5 Å². The van der Waals surface area contributed by atoms with Gasteiger partial charge in [-0.1, -0.05) is 62.4 Å². The minimum absolute atomic E-state index is 0.0600. The number of fused-ring (bicyclic) bond motifs is 3. The van der Waals surface area contributed by atoms with Crippen molar-refractivity contribution in [1.29, 1.82) is 0 Å². The minimum atomic E-state index is -1.00. The number of carboxylic acids is 1. The van der Waals surface area contributed by atoms with Crippen LogP contribution in [0.15, 0.2) is 48.5 Å². The van der Waals surface area contributed by atoms with Gasteiger partial charge in [0.25, 0.3) is 0 Å². The monoisotopic (exact) mass is 423 g/mol. The van der Waals surface area contributed by atoms with Gasteiger partial charge in [-0.2, -0.15) is 0 Å². The van der Waals surface area contributed by atoms with Gasteiger partial charge in [-0.15, -0.1) is 0 Å². The van der Waals surface area contributed by atoms with Crippen molar-refractivity contribution in [3.05, 3.63) is 59.7 Å². The second-order valence-electron chi connectivity index (χ2n) is 8.58. The van der Waals surface area contributed by atoms with Crippen LogP contribution in [0, 0.1) is 5.92 Å². The lowest BCUT2D eigenvalue weighted by Gasteiger charge is -2.39. The molecule has 2 aliphatic rings. The molecule has 1 heterocycles. The third kappa shape index (κ3) is 4.17. The van der Waals surface area contributed by atoms with E-state index < -0.39 is 18.1 Å². The molecular formula is C25H29NO5. The van der Waals surface area contributed by atoms with Crippen molar-refractivity contribution < 1.29 is 24.2 Å². The van der Waals surface area contributed by atoms with Gasteiger partial charge in [0.15, 0.2) is 0 Å². The molecule has 1 unspecified atom stereocenters. The van der Waals surface area contributed by atoms with Crippen LogP contribution < -0.4 is 0 Å². The Kier molecular flexibility index (Phi) is 6.28. The lowest BCUT2D eigenvalue weighted by atomic mass is 9.97. The molecule has 1 aliphatic heterocycles. The maximum Gasteiger partial charge on any atom is 0.410 e. The fourth-order valence-corrected chi connectivity index (χ4v) is 4.85. The quantitative estimate of drug-likeness (QED) is 0.739. The maximum absolute atomic E-state index is 13.3. The zero-order valence-corrected chi connectivity index (χ0v) is 18.0.